The molecular formula is C19H12Cl4O5S. The highest BCUT2D eigenvalue weighted by molar-refractivity contribution is 7.87. The van der Waals surface area contributed by atoms with E-state index < -0.39 is 31.9 Å². The molecule has 3 N–H and O–H groups in total. The summed E-state index contributed by atoms with van der Waals surface area (Å²) in [6, 6.07) is 11.9. The van der Waals surface area contributed by atoms with Crippen LogP contribution in [0.15, 0.2) is 54.6 Å². The van der Waals surface area contributed by atoms with Crippen LogP contribution in [0.5, 0.6) is 11.5 Å². The Morgan fingerprint density at radius 3 is 1.97 bits per heavy atom. The summed E-state index contributed by atoms with van der Waals surface area (Å²) in [5.41, 5.74) is -0.857. The van der Waals surface area contributed by atoms with Gasteiger partial charge in [-0.05, 0) is 29.8 Å². The van der Waals surface area contributed by atoms with Gasteiger partial charge in [0.05, 0.1) is 15.1 Å². The largest absolute Gasteiger partial charge is 0.508 e. The fraction of sp³-hybridized carbons (Fsp3) is 0.0526. The number of halogens is 4. The third-order valence-corrected chi connectivity index (χ3v) is 7.18. The summed E-state index contributed by atoms with van der Waals surface area (Å²) in [5.74, 6) is -1.21. The van der Waals surface area contributed by atoms with Crippen LogP contribution < -0.4 is 0 Å². The van der Waals surface area contributed by atoms with E-state index in [9.17, 15) is 23.2 Å². The number of hydrogen-bond acceptors (Lipinski definition) is 4. The molecule has 0 amide bonds. The molecule has 0 spiro atoms. The third-order valence-electron chi connectivity index (χ3n) is 4.42. The number of benzene rings is 3. The predicted octanol–water partition coefficient (Wildman–Crippen LogP) is 5.89. The average Bonchev–Trinajstić information content (AvgIpc) is 2.64. The number of aromatic hydroxyl groups is 2. The molecule has 3 aromatic carbocycles. The first-order valence-electron chi connectivity index (χ1n) is 7.90. The molecule has 5 nitrogen and oxygen atoms in total. The van der Waals surface area contributed by atoms with Crippen molar-refractivity contribution in [2.24, 2.45) is 0 Å². The lowest BCUT2D eigenvalue weighted by atomic mass is 9.83. The van der Waals surface area contributed by atoms with Crippen LogP contribution in [-0.4, -0.2) is 23.2 Å². The van der Waals surface area contributed by atoms with Gasteiger partial charge in [-0.1, -0.05) is 76.7 Å². The minimum absolute atomic E-state index is 0.0681. The van der Waals surface area contributed by atoms with Crippen molar-refractivity contribution in [3.05, 3.63) is 91.4 Å². The van der Waals surface area contributed by atoms with Crippen LogP contribution in [0.3, 0.4) is 0 Å². The Hall–Kier alpha value is -1.67. The molecule has 29 heavy (non-hydrogen) atoms. The molecular weight excluding hydrogens is 482 g/mol. The lowest BCUT2D eigenvalue weighted by Crippen LogP contribution is -2.38. The normalized spacial score (nSPS) is 13.8. The van der Waals surface area contributed by atoms with Crippen molar-refractivity contribution in [1.29, 1.82) is 0 Å². The summed E-state index contributed by atoms with van der Waals surface area (Å²) in [6.07, 6.45) is 0. The van der Waals surface area contributed by atoms with E-state index in [4.69, 9.17) is 46.4 Å². The van der Waals surface area contributed by atoms with Gasteiger partial charge < -0.3 is 10.2 Å². The Morgan fingerprint density at radius 1 is 0.828 bits per heavy atom. The molecule has 3 rings (SSSR count). The van der Waals surface area contributed by atoms with Crippen LogP contribution in [0.25, 0.3) is 0 Å². The first-order valence-corrected chi connectivity index (χ1v) is 10.9. The molecule has 0 aliphatic heterocycles. The van der Waals surface area contributed by atoms with E-state index >= 15 is 0 Å². The standard InChI is InChI=1S/C19H12Cl4O5S/c20-11-7-5-10(6-8-11)19(29(26,27)28,12-3-1-2-4-15(12)24)16-17(23)13(21)9-14(22)18(16)25/h1-9,24-25H,(H,26,27,28). The maximum absolute atomic E-state index is 13.0. The molecule has 3 aromatic rings. The van der Waals surface area contributed by atoms with Crippen LogP contribution in [0, 0.1) is 0 Å². The molecule has 0 bridgehead atoms. The highest BCUT2D eigenvalue weighted by Gasteiger charge is 2.53. The Labute approximate surface area is 186 Å². The van der Waals surface area contributed by atoms with Crippen molar-refractivity contribution in [3.63, 3.8) is 0 Å². The van der Waals surface area contributed by atoms with E-state index in [0.29, 0.717) is 0 Å². The van der Waals surface area contributed by atoms with E-state index in [1.807, 2.05) is 0 Å². The van der Waals surface area contributed by atoms with Gasteiger partial charge in [0.2, 0.25) is 0 Å². The Balaban J connectivity index is 2.66. The second kappa shape index (κ2) is 7.87. The minimum Gasteiger partial charge on any atom is -0.508 e. The molecule has 10 heteroatoms. The summed E-state index contributed by atoms with van der Waals surface area (Å²) >= 11 is 24.4. The van der Waals surface area contributed by atoms with Gasteiger partial charge in [-0.3, -0.25) is 4.55 Å². The van der Waals surface area contributed by atoms with Gasteiger partial charge in [0.1, 0.15) is 11.5 Å². The average molecular weight is 494 g/mol. The molecule has 1 atom stereocenters. The molecule has 1 unspecified atom stereocenters. The lowest BCUT2D eigenvalue weighted by Gasteiger charge is -2.34. The number of phenolic OH excluding ortho intramolecular Hbond substituents is 2. The molecule has 0 saturated heterocycles. The van der Waals surface area contributed by atoms with E-state index in [2.05, 4.69) is 0 Å². The van der Waals surface area contributed by atoms with Crippen molar-refractivity contribution in [2.45, 2.75) is 4.75 Å². The van der Waals surface area contributed by atoms with Crippen LogP contribution >= 0.6 is 46.4 Å². The smallest absolute Gasteiger partial charge is 0.283 e. The summed E-state index contributed by atoms with van der Waals surface area (Å²) in [5, 5.41) is 20.7. The first-order chi connectivity index (χ1) is 13.5. The number of hydrogen-bond donors (Lipinski definition) is 3. The van der Waals surface area contributed by atoms with Gasteiger partial charge in [-0.2, -0.15) is 8.42 Å². The monoisotopic (exact) mass is 492 g/mol. The van der Waals surface area contributed by atoms with Gasteiger partial charge in [-0.15, -0.1) is 0 Å². The maximum atomic E-state index is 13.0. The molecule has 0 saturated carbocycles. The molecule has 152 valence electrons. The molecule has 0 aliphatic carbocycles. The highest BCUT2D eigenvalue weighted by atomic mass is 35.5. The van der Waals surface area contributed by atoms with Crippen molar-refractivity contribution in [1.82, 2.24) is 0 Å². The summed E-state index contributed by atoms with van der Waals surface area (Å²) in [6.45, 7) is 0. The topological polar surface area (TPSA) is 94.8 Å². The van der Waals surface area contributed by atoms with E-state index in [-0.39, 0.29) is 31.2 Å². The second-order valence-electron chi connectivity index (χ2n) is 6.06. The fourth-order valence-corrected chi connectivity index (χ4v) is 5.49. The van der Waals surface area contributed by atoms with Crippen LogP contribution in [0.2, 0.25) is 20.1 Å². The predicted molar refractivity (Wildman–Crippen MR) is 114 cm³/mol. The summed E-state index contributed by atoms with van der Waals surface area (Å²) in [4.78, 5) is 0. The quantitative estimate of drug-likeness (QED) is 0.239. The van der Waals surface area contributed by atoms with Crippen LogP contribution in [0.1, 0.15) is 16.7 Å². The van der Waals surface area contributed by atoms with Crippen molar-refractivity contribution in [2.75, 3.05) is 0 Å². The summed E-state index contributed by atoms with van der Waals surface area (Å²) < 4.78 is 33.9. The zero-order valence-corrected chi connectivity index (χ0v) is 18.1. The van der Waals surface area contributed by atoms with Gasteiger partial charge in [0.25, 0.3) is 10.1 Å². The van der Waals surface area contributed by atoms with E-state index in [1.54, 1.807) is 0 Å². The Bertz CT molecular complexity index is 1170. The van der Waals surface area contributed by atoms with Gasteiger partial charge >= 0.3 is 0 Å². The van der Waals surface area contributed by atoms with Gasteiger partial charge in [-0.25, -0.2) is 0 Å². The second-order valence-corrected chi connectivity index (χ2v) is 9.25. The molecule has 0 fully saturated rings. The SMILES string of the molecule is O=S(=O)(O)C(c1ccc(Cl)cc1)(c1ccccc1O)c1c(O)c(Cl)cc(Cl)c1Cl. The Morgan fingerprint density at radius 2 is 1.41 bits per heavy atom. The van der Waals surface area contributed by atoms with Crippen molar-refractivity contribution in [3.8, 4) is 11.5 Å². The van der Waals surface area contributed by atoms with Gasteiger partial charge in [0, 0.05) is 16.1 Å². The lowest BCUT2D eigenvalue weighted by molar-refractivity contribution is 0.428. The zero-order valence-electron chi connectivity index (χ0n) is 14.3. The summed E-state index contributed by atoms with van der Waals surface area (Å²) in [7, 11) is -5.16. The van der Waals surface area contributed by atoms with Crippen LogP contribution in [0.4, 0.5) is 0 Å². The maximum Gasteiger partial charge on any atom is 0.283 e. The first kappa shape index (κ1) is 22.0. The van der Waals surface area contributed by atoms with Crippen molar-refractivity contribution < 1.29 is 23.2 Å². The fourth-order valence-electron chi connectivity index (χ4n) is 3.21. The minimum atomic E-state index is -5.16. The van der Waals surface area contributed by atoms with Crippen molar-refractivity contribution >= 4 is 56.5 Å². The number of phenols is 2. The van der Waals surface area contributed by atoms with E-state index in [1.165, 1.54) is 48.5 Å². The number of para-hydroxylation sites is 1. The molecule has 0 aromatic heterocycles. The van der Waals surface area contributed by atoms with Crippen LogP contribution in [-0.2, 0) is 14.9 Å². The van der Waals surface area contributed by atoms with E-state index in [0.717, 1.165) is 6.07 Å². The molecule has 0 radical (unpaired) electrons. The third kappa shape index (κ3) is 3.54. The molecule has 0 aliphatic rings. The van der Waals surface area contributed by atoms with Gasteiger partial charge in [0.15, 0.2) is 4.75 Å². The Kier molecular flexibility index (Phi) is 5.98. The molecule has 0 heterocycles. The number of rotatable bonds is 4. The zero-order chi connectivity index (χ0) is 21.6. The highest BCUT2D eigenvalue weighted by Crippen LogP contribution is 2.54.